The number of amides is 1. The monoisotopic (exact) mass is 337 g/mol. The zero-order valence-electron chi connectivity index (χ0n) is 15.0. The van der Waals surface area contributed by atoms with Crippen LogP contribution < -0.4 is 10.1 Å². The third-order valence-corrected chi connectivity index (χ3v) is 2.91. The summed E-state index contributed by atoms with van der Waals surface area (Å²) in [5.41, 5.74) is 0.216. The minimum absolute atomic E-state index is 0.240. The third kappa shape index (κ3) is 7.35. The van der Waals surface area contributed by atoms with E-state index in [1.54, 1.807) is 27.7 Å². The number of benzene rings is 1. The Hall–Kier alpha value is -2.24. The van der Waals surface area contributed by atoms with E-state index in [2.05, 4.69) is 5.32 Å². The summed E-state index contributed by atoms with van der Waals surface area (Å²) in [7, 11) is 0. The highest BCUT2D eigenvalue weighted by atomic mass is 16.6. The van der Waals surface area contributed by atoms with Gasteiger partial charge in [-0.05, 0) is 52.3 Å². The van der Waals surface area contributed by atoms with Gasteiger partial charge in [0, 0.05) is 6.42 Å². The lowest BCUT2D eigenvalue weighted by atomic mass is 10.1. The van der Waals surface area contributed by atoms with Crippen molar-refractivity contribution < 1.29 is 23.8 Å². The predicted molar refractivity (Wildman–Crippen MR) is 91.1 cm³/mol. The number of alkyl carbamates (subject to hydrolysis) is 1. The Morgan fingerprint density at radius 1 is 1.17 bits per heavy atom. The van der Waals surface area contributed by atoms with Gasteiger partial charge in [-0.2, -0.15) is 0 Å². The number of carbonyl (C=O) groups is 2. The van der Waals surface area contributed by atoms with Crippen molar-refractivity contribution in [1.82, 2.24) is 5.32 Å². The third-order valence-electron chi connectivity index (χ3n) is 2.91. The largest absolute Gasteiger partial charge is 0.494 e. The van der Waals surface area contributed by atoms with E-state index < -0.39 is 23.7 Å². The second kappa shape index (κ2) is 9.15. The smallest absolute Gasteiger partial charge is 0.408 e. The summed E-state index contributed by atoms with van der Waals surface area (Å²) >= 11 is 0. The molecule has 0 aliphatic heterocycles. The van der Waals surface area contributed by atoms with Gasteiger partial charge in [-0.3, -0.25) is 0 Å². The standard InChI is InChI=1S/C18H27NO5/c1-6-22-14-10-8-9-13(11-14)12-15(16(20)23-7-2)19-17(21)24-18(3,4)5/h8-11,15H,6-7,12H2,1-5H3,(H,19,21)/t15-/m0/s1. The van der Waals surface area contributed by atoms with Crippen molar-refractivity contribution in [2.45, 2.75) is 52.7 Å². The normalized spacial score (nSPS) is 12.2. The summed E-state index contributed by atoms with van der Waals surface area (Å²) < 4.78 is 15.7. The van der Waals surface area contributed by atoms with Crippen LogP contribution in [0.4, 0.5) is 4.79 Å². The highest BCUT2D eigenvalue weighted by molar-refractivity contribution is 5.81. The number of carbonyl (C=O) groups excluding carboxylic acids is 2. The van der Waals surface area contributed by atoms with E-state index in [1.165, 1.54) is 0 Å². The van der Waals surface area contributed by atoms with Crippen molar-refractivity contribution in [3.05, 3.63) is 29.8 Å². The Bertz CT molecular complexity index is 551. The van der Waals surface area contributed by atoms with Crippen molar-refractivity contribution in [3.63, 3.8) is 0 Å². The quantitative estimate of drug-likeness (QED) is 0.774. The molecule has 0 saturated carbocycles. The summed E-state index contributed by atoms with van der Waals surface area (Å²) in [5, 5.41) is 2.58. The van der Waals surface area contributed by atoms with Crippen LogP contribution in [-0.2, 0) is 20.7 Å². The van der Waals surface area contributed by atoms with Crippen LogP contribution in [-0.4, -0.2) is 36.9 Å². The second-order valence-electron chi connectivity index (χ2n) is 6.24. The van der Waals surface area contributed by atoms with Crippen molar-refractivity contribution in [1.29, 1.82) is 0 Å². The van der Waals surface area contributed by atoms with E-state index in [1.807, 2.05) is 31.2 Å². The van der Waals surface area contributed by atoms with Gasteiger partial charge < -0.3 is 19.5 Å². The van der Waals surface area contributed by atoms with Crippen molar-refractivity contribution in [2.75, 3.05) is 13.2 Å². The number of esters is 1. The first-order valence-electron chi connectivity index (χ1n) is 8.13. The average Bonchev–Trinajstić information content (AvgIpc) is 2.45. The van der Waals surface area contributed by atoms with Crippen LogP contribution in [0.1, 0.15) is 40.2 Å². The molecule has 0 heterocycles. The second-order valence-corrected chi connectivity index (χ2v) is 6.24. The van der Waals surface area contributed by atoms with Gasteiger partial charge in [0.05, 0.1) is 13.2 Å². The minimum Gasteiger partial charge on any atom is -0.494 e. The molecular formula is C18H27NO5. The molecule has 0 aromatic heterocycles. The van der Waals surface area contributed by atoms with E-state index in [4.69, 9.17) is 14.2 Å². The number of hydrogen-bond donors (Lipinski definition) is 1. The molecule has 1 aromatic carbocycles. The van der Waals surface area contributed by atoms with E-state index in [0.29, 0.717) is 13.0 Å². The van der Waals surface area contributed by atoms with Crippen molar-refractivity contribution in [2.24, 2.45) is 0 Å². The SMILES string of the molecule is CCOC(=O)[C@H](Cc1cccc(OCC)c1)NC(=O)OC(C)(C)C. The van der Waals surface area contributed by atoms with Gasteiger partial charge in [0.1, 0.15) is 17.4 Å². The van der Waals surface area contributed by atoms with Crippen LogP contribution >= 0.6 is 0 Å². The van der Waals surface area contributed by atoms with Gasteiger partial charge in [-0.15, -0.1) is 0 Å². The highest BCUT2D eigenvalue weighted by Gasteiger charge is 2.25. The number of hydrogen-bond acceptors (Lipinski definition) is 5. The number of ether oxygens (including phenoxy) is 3. The van der Waals surface area contributed by atoms with Crippen molar-refractivity contribution >= 4 is 12.1 Å². The van der Waals surface area contributed by atoms with E-state index in [9.17, 15) is 9.59 Å². The molecule has 0 spiro atoms. The molecule has 134 valence electrons. The van der Waals surface area contributed by atoms with Crippen molar-refractivity contribution in [3.8, 4) is 5.75 Å². The van der Waals surface area contributed by atoms with Crippen LogP contribution in [0.2, 0.25) is 0 Å². The Labute approximate surface area is 143 Å². The molecule has 0 unspecified atom stereocenters. The first-order chi connectivity index (χ1) is 11.2. The Balaban J connectivity index is 2.84. The average molecular weight is 337 g/mol. The van der Waals surface area contributed by atoms with Crippen LogP contribution in [0.5, 0.6) is 5.75 Å². The molecule has 0 aliphatic rings. The van der Waals surface area contributed by atoms with E-state index in [0.717, 1.165) is 11.3 Å². The molecule has 6 heteroatoms. The van der Waals surface area contributed by atoms with Gasteiger partial charge in [-0.1, -0.05) is 12.1 Å². The lowest BCUT2D eigenvalue weighted by molar-refractivity contribution is -0.145. The first kappa shape index (κ1) is 19.8. The molecule has 1 amide bonds. The molecule has 6 nitrogen and oxygen atoms in total. The summed E-state index contributed by atoms with van der Waals surface area (Å²) in [4.78, 5) is 24.1. The molecule has 1 aromatic rings. The summed E-state index contributed by atoms with van der Waals surface area (Å²) in [6.45, 7) is 9.70. The highest BCUT2D eigenvalue weighted by Crippen LogP contribution is 2.15. The maximum absolute atomic E-state index is 12.1. The fraction of sp³-hybridized carbons (Fsp3) is 0.556. The van der Waals surface area contributed by atoms with Gasteiger partial charge in [0.15, 0.2) is 0 Å². The van der Waals surface area contributed by atoms with Crippen LogP contribution in [0, 0.1) is 0 Å². The van der Waals surface area contributed by atoms with Crippen LogP contribution in [0.25, 0.3) is 0 Å². The Morgan fingerprint density at radius 3 is 2.46 bits per heavy atom. The van der Waals surface area contributed by atoms with Gasteiger partial charge in [-0.25, -0.2) is 9.59 Å². The Kier molecular flexibility index (Phi) is 7.55. The molecular weight excluding hydrogens is 310 g/mol. The van der Waals surface area contributed by atoms with E-state index in [-0.39, 0.29) is 6.61 Å². The molecule has 24 heavy (non-hydrogen) atoms. The maximum atomic E-state index is 12.1. The molecule has 0 fully saturated rings. The predicted octanol–water partition coefficient (Wildman–Crippen LogP) is 3.08. The van der Waals surface area contributed by atoms with Crippen LogP contribution in [0.3, 0.4) is 0 Å². The van der Waals surface area contributed by atoms with Gasteiger partial charge >= 0.3 is 12.1 Å². The molecule has 1 atom stereocenters. The lowest BCUT2D eigenvalue weighted by Crippen LogP contribution is -2.45. The maximum Gasteiger partial charge on any atom is 0.408 e. The topological polar surface area (TPSA) is 73.9 Å². The molecule has 0 aliphatic carbocycles. The molecule has 0 bridgehead atoms. The minimum atomic E-state index is -0.823. The summed E-state index contributed by atoms with van der Waals surface area (Å²) in [6.07, 6.45) is -0.361. The summed E-state index contributed by atoms with van der Waals surface area (Å²) in [6, 6.07) is 6.57. The molecule has 1 rings (SSSR count). The van der Waals surface area contributed by atoms with E-state index >= 15 is 0 Å². The fourth-order valence-corrected chi connectivity index (χ4v) is 2.05. The number of nitrogens with one attached hydrogen (secondary N) is 1. The fourth-order valence-electron chi connectivity index (χ4n) is 2.05. The number of rotatable bonds is 7. The van der Waals surface area contributed by atoms with Gasteiger partial charge in [0.2, 0.25) is 0 Å². The van der Waals surface area contributed by atoms with Gasteiger partial charge in [0.25, 0.3) is 0 Å². The molecule has 1 N–H and O–H groups in total. The zero-order chi connectivity index (χ0) is 18.2. The Morgan fingerprint density at radius 2 is 1.88 bits per heavy atom. The molecule has 0 saturated heterocycles. The summed E-state index contributed by atoms with van der Waals surface area (Å²) in [5.74, 6) is 0.222. The van der Waals surface area contributed by atoms with Crippen LogP contribution in [0.15, 0.2) is 24.3 Å². The zero-order valence-corrected chi connectivity index (χ0v) is 15.0. The lowest BCUT2D eigenvalue weighted by Gasteiger charge is -2.23. The molecule has 0 radical (unpaired) electrons. The first-order valence-corrected chi connectivity index (χ1v) is 8.13.